The summed E-state index contributed by atoms with van der Waals surface area (Å²) in [5.41, 5.74) is 0. The summed E-state index contributed by atoms with van der Waals surface area (Å²) in [5.74, 6) is -1.26. The van der Waals surface area contributed by atoms with E-state index >= 15 is 0 Å². The number of morpholine rings is 1. The molecule has 7 heteroatoms. The normalized spacial score (nSPS) is 23.3. The molecule has 2 amide bonds. The molecule has 18 heavy (non-hydrogen) atoms. The van der Waals surface area contributed by atoms with Gasteiger partial charge in [0.15, 0.2) is 0 Å². The van der Waals surface area contributed by atoms with Gasteiger partial charge in [-0.15, -0.1) is 0 Å². The molecule has 0 atom stereocenters. The second kappa shape index (κ2) is 5.34. The zero-order valence-corrected chi connectivity index (χ0v) is 10.1. The van der Waals surface area contributed by atoms with E-state index in [1.165, 1.54) is 4.90 Å². The number of carbonyl (C=O) groups excluding carboxylic acids is 1. The number of alkyl halides is 3. The van der Waals surface area contributed by atoms with Crippen LogP contribution in [0.1, 0.15) is 12.8 Å². The lowest BCUT2D eigenvalue weighted by Gasteiger charge is -2.37. The van der Waals surface area contributed by atoms with Gasteiger partial charge in [-0.3, -0.25) is 0 Å². The van der Waals surface area contributed by atoms with Gasteiger partial charge in [-0.25, -0.2) is 4.79 Å². The van der Waals surface area contributed by atoms with Crippen molar-refractivity contribution in [3.05, 3.63) is 0 Å². The Morgan fingerprint density at radius 2 is 1.50 bits per heavy atom. The fourth-order valence-electron chi connectivity index (χ4n) is 2.35. The van der Waals surface area contributed by atoms with Gasteiger partial charge in [0.2, 0.25) is 0 Å². The SMILES string of the molecule is O=C(N1CCOCC1)N1CCC(C(F)(F)F)CC1. The fourth-order valence-corrected chi connectivity index (χ4v) is 2.35. The third kappa shape index (κ3) is 3.07. The second-order valence-electron chi connectivity index (χ2n) is 4.68. The lowest BCUT2D eigenvalue weighted by Crippen LogP contribution is -2.51. The molecule has 104 valence electrons. The molecule has 0 aromatic carbocycles. The maximum absolute atomic E-state index is 12.5. The first kappa shape index (κ1) is 13.5. The van der Waals surface area contributed by atoms with Gasteiger partial charge in [0, 0.05) is 26.2 Å². The van der Waals surface area contributed by atoms with Crippen LogP contribution in [0.15, 0.2) is 0 Å². The number of halogens is 3. The van der Waals surface area contributed by atoms with E-state index in [0.717, 1.165) is 0 Å². The molecular weight excluding hydrogens is 249 g/mol. The van der Waals surface area contributed by atoms with Crippen LogP contribution in [0.4, 0.5) is 18.0 Å². The average Bonchev–Trinajstić information content (AvgIpc) is 2.38. The molecule has 2 heterocycles. The van der Waals surface area contributed by atoms with Crippen molar-refractivity contribution in [1.29, 1.82) is 0 Å². The van der Waals surface area contributed by atoms with Gasteiger partial charge in [-0.2, -0.15) is 13.2 Å². The van der Waals surface area contributed by atoms with Crippen molar-refractivity contribution >= 4 is 6.03 Å². The minimum absolute atomic E-state index is 0.0135. The summed E-state index contributed by atoms with van der Waals surface area (Å²) < 4.78 is 42.6. The molecule has 0 bridgehead atoms. The number of nitrogens with zero attached hydrogens (tertiary/aromatic N) is 2. The van der Waals surface area contributed by atoms with E-state index in [2.05, 4.69) is 0 Å². The van der Waals surface area contributed by atoms with E-state index in [9.17, 15) is 18.0 Å². The van der Waals surface area contributed by atoms with Gasteiger partial charge in [-0.05, 0) is 12.8 Å². The smallest absolute Gasteiger partial charge is 0.378 e. The molecule has 2 aliphatic rings. The summed E-state index contributed by atoms with van der Waals surface area (Å²) >= 11 is 0. The molecule has 2 fully saturated rings. The van der Waals surface area contributed by atoms with Crippen molar-refractivity contribution in [2.24, 2.45) is 5.92 Å². The minimum Gasteiger partial charge on any atom is -0.378 e. The Labute approximate surface area is 104 Å². The molecule has 0 aromatic rings. The number of hydrogen-bond acceptors (Lipinski definition) is 2. The minimum atomic E-state index is -4.13. The number of amides is 2. The molecule has 4 nitrogen and oxygen atoms in total. The van der Waals surface area contributed by atoms with E-state index in [1.54, 1.807) is 4.90 Å². The summed E-state index contributed by atoms with van der Waals surface area (Å²) in [5, 5.41) is 0. The number of rotatable bonds is 0. The number of piperidine rings is 1. The summed E-state index contributed by atoms with van der Waals surface area (Å²) in [7, 11) is 0. The van der Waals surface area contributed by atoms with Crippen LogP contribution in [0.25, 0.3) is 0 Å². The summed E-state index contributed by atoms with van der Waals surface area (Å²) in [6, 6.07) is -0.154. The monoisotopic (exact) mass is 266 g/mol. The van der Waals surface area contributed by atoms with Gasteiger partial charge >= 0.3 is 12.2 Å². The lowest BCUT2D eigenvalue weighted by atomic mass is 9.96. The molecule has 0 aliphatic carbocycles. The van der Waals surface area contributed by atoms with Gasteiger partial charge in [0.1, 0.15) is 0 Å². The Balaban J connectivity index is 1.83. The Bertz CT molecular complexity index is 295. The largest absolute Gasteiger partial charge is 0.391 e. The average molecular weight is 266 g/mol. The van der Waals surface area contributed by atoms with E-state index in [1.807, 2.05) is 0 Å². The zero-order valence-electron chi connectivity index (χ0n) is 10.1. The van der Waals surface area contributed by atoms with Crippen molar-refractivity contribution in [2.45, 2.75) is 19.0 Å². The van der Waals surface area contributed by atoms with Gasteiger partial charge in [0.25, 0.3) is 0 Å². The summed E-state index contributed by atoms with van der Waals surface area (Å²) in [4.78, 5) is 15.2. The van der Waals surface area contributed by atoms with Crippen LogP contribution in [0, 0.1) is 5.92 Å². The third-order valence-electron chi connectivity index (χ3n) is 3.51. The van der Waals surface area contributed by atoms with E-state index in [0.29, 0.717) is 26.3 Å². The first-order chi connectivity index (χ1) is 8.48. The highest BCUT2D eigenvalue weighted by Gasteiger charge is 2.42. The summed E-state index contributed by atoms with van der Waals surface area (Å²) in [6.07, 6.45) is -4.10. The van der Waals surface area contributed by atoms with E-state index < -0.39 is 12.1 Å². The molecule has 2 saturated heterocycles. The Morgan fingerprint density at radius 1 is 1.00 bits per heavy atom. The fraction of sp³-hybridized carbons (Fsp3) is 0.909. The molecule has 0 aromatic heterocycles. The number of hydrogen-bond donors (Lipinski definition) is 0. The highest BCUT2D eigenvalue weighted by molar-refractivity contribution is 5.74. The molecule has 0 spiro atoms. The Kier molecular flexibility index (Phi) is 3.99. The molecule has 0 unspecified atom stereocenters. The second-order valence-corrected chi connectivity index (χ2v) is 4.68. The number of likely N-dealkylation sites (tertiary alicyclic amines) is 1. The first-order valence-corrected chi connectivity index (χ1v) is 6.17. The predicted octanol–water partition coefficient (Wildman–Crippen LogP) is 1.71. The maximum atomic E-state index is 12.5. The number of carbonyl (C=O) groups is 1. The van der Waals surface area contributed by atoms with Crippen molar-refractivity contribution < 1.29 is 22.7 Å². The molecule has 2 rings (SSSR count). The first-order valence-electron chi connectivity index (χ1n) is 6.17. The molecule has 2 aliphatic heterocycles. The topological polar surface area (TPSA) is 32.8 Å². The van der Waals surface area contributed by atoms with Gasteiger partial charge in [-0.1, -0.05) is 0 Å². The molecule has 0 radical (unpaired) electrons. The third-order valence-corrected chi connectivity index (χ3v) is 3.51. The highest BCUT2D eigenvalue weighted by Crippen LogP contribution is 2.34. The van der Waals surface area contributed by atoms with Crippen LogP contribution in [0.2, 0.25) is 0 Å². The Hall–Kier alpha value is -0.980. The van der Waals surface area contributed by atoms with Crippen LogP contribution >= 0.6 is 0 Å². The van der Waals surface area contributed by atoms with Crippen molar-refractivity contribution in [1.82, 2.24) is 9.80 Å². The van der Waals surface area contributed by atoms with E-state index in [-0.39, 0.29) is 32.0 Å². The van der Waals surface area contributed by atoms with Gasteiger partial charge in [0.05, 0.1) is 19.1 Å². The predicted molar refractivity (Wildman–Crippen MR) is 58.1 cm³/mol. The van der Waals surface area contributed by atoms with Gasteiger partial charge < -0.3 is 14.5 Å². The van der Waals surface area contributed by atoms with Crippen LogP contribution in [0.5, 0.6) is 0 Å². The quantitative estimate of drug-likeness (QED) is 0.668. The zero-order chi connectivity index (χ0) is 13.2. The molecule has 0 saturated carbocycles. The van der Waals surface area contributed by atoms with Crippen molar-refractivity contribution in [3.63, 3.8) is 0 Å². The number of urea groups is 1. The lowest BCUT2D eigenvalue weighted by molar-refractivity contribution is -0.183. The van der Waals surface area contributed by atoms with E-state index in [4.69, 9.17) is 4.74 Å². The van der Waals surface area contributed by atoms with Crippen LogP contribution in [-0.2, 0) is 4.74 Å². The maximum Gasteiger partial charge on any atom is 0.391 e. The molecular formula is C11H17F3N2O2. The highest BCUT2D eigenvalue weighted by atomic mass is 19.4. The van der Waals surface area contributed by atoms with Crippen LogP contribution in [0.3, 0.4) is 0 Å². The summed E-state index contributed by atoms with van der Waals surface area (Å²) in [6.45, 7) is 2.45. The van der Waals surface area contributed by atoms with Crippen molar-refractivity contribution in [3.8, 4) is 0 Å². The van der Waals surface area contributed by atoms with Crippen molar-refractivity contribution in [2.75, 3.05) is 39.4 Å². The molecule has 0 N–H and O–H groups in total. The Morgan fingerprint density at radius 3 is 2.00 bits per heavy atom. The van der Waals surface area contributed by atoms with Crippen LogP contribution in [-0.4, -0.2) is 61.4 Å². The van der Waals surface area contributed by atoms with Crippen LogP contribution < -0.4 is 0 Å². The standard InChI is InChI=1S/C11H17F3N2O2/c12-11(13,14)9-1-3-15(4-2-9)10(17)16-5-7-18-8-6-16/h9H,1-8H2. The number of ether oxygens (including phenoxy) is 1.